The third kappa shape index (κ3) is 4.31. The van der Waals surface area contributed by atoms with Crippen LogP contribution in [0.2, 0.25) is 0 Å². The first-order valence-electron chi connectivity index (χ1n) is 6.04. The molecule has 0 unspecified atom stereocenters. The topological polar surface area (TPSA) is 23.8 Å². The molecule has 0 aliphatic rings. The Morgan fingerprint density at radius 3 is 2.75 bits per heavy atom. The summed E-state index contributed by atoms with van der Waals surface area (Å²) in [5.41, 5.74) is 1.78. The van der Waals surface area contributed by atoms with Gasteiger partial charge in [-0.1, -0.05) is 56.5 Å². The Balaban J connectivity index is 2.41. The molecule has 0 fully saturated rings. The molecule has 1 aromatic rings. The highest BCUT2D eigenvalue weighted by Gasteiger charge is 1.94. The summed E-state index contributed by atoms with van der Waals surface area (Å²) >= 11 is 0. The summed E-state index contributed by atoms with van der Waals surface area (Å²) in [5, 5.41) is 8.91. The molecule has 1 nitrogen and oxygen atoms in total. The first-order chi connectivity index (χ1) is 7.88. The van der Waals surface area contributed by atoms with E-state index in [1.807, 2.05) is 24.3 Å². The van der Waals surface area contributed by atoms with Gasteiger partial charge in [-0.3, -0.25) is 0 Å². The Labute approximate surface area is 98.4 Å². The molecule has 0 saturated carbocycles. The fourth-order valence-electron chi connectivity index (χ4n) is 1.64. The molecule has 84 valence electrons. The lowest BCUT2D eigenvalue weighted by atomic mass is 10.1. The second-order valence-electron chi connectivity index (χ2n) is 3.95. The van der Waals surface area contributed by atoms with Crippen molar-refractivity contribution in [2.24, 2.45) is 0 Å². The Hall–Kier alpha value is -1.55. The standard InChI is InChI=1S/C15H19N/c1-2-3-4-5-6-7-10-14-11-8-9-12-15(14)13-16/h7-12H,2-6H2,1H3. The van der Waals surface area contributed by atoms with Gasteiger partial charge in [-0.05, 0) is 24.5 Å². The van der Waals surface area contributed by atoms with E-state index in [9.17, 15) is 0 Å². The number of rotatable bonds is 6. The van der Waals surface area contributed by atoms with E-state index in [1.54, 1.807) is 0 Å². The normalized spacial score (nSPS) is 10.5. The van der Waals surface area contributed by atoms with Crippen LogP contribution < -0.4 is 0 Å². The molecule has 16 heavy (non-hydrogen) atoms. The van der Waals surface area contributed by atoms with Gasteiger partial charge in [0.2, 0.25) is 0 Å². The highest BCUT2D eigenvalue weighted by molar-refractivity contribution is 5.57. The maximum atomic E-state index is 8.91. The third-order valence-corrected chi connectivity index (χ3v) is 2.60. The average Bonchev–Trinajstić information content (AvgIpc) is 2.34. The Bertz CT molecular complexity index is 371. The van der Waals surface area contributed by atoms with Crippen LogP contribution in [-0.4, -0.2) is 0 Å². The van der Waals surface area contributed by atoms with Gasteiger partial charge in [0, 0.05) is 0 Å². The van der Waals surface area contributed by atoms with Crippen LogP contribution in [0.3, 0.4) is 0 Å². The molecule has 0 saturated heterocycles. The summed E-state index contributed by atoms with van der Waals surface area (Å²) in [4.78, 5) is 0. The fraction of sp³-hybridized carbons (Fsp3) is 0.400. The van der Waals surface area contributed by atoms with E-state index in [2.05, 4.69) is 25.1 Å². The Morgan fingerprint density at radius 2 is 2.00 bits per heavy atom. The summed E-state index contributed by atoms with van der Waals surface area (Å²) in [6.45, 7) is 2.22. The molecule has 0 atom stereocenters. The summed E-state index contributed by atoms with van der Waals surface area (Å²) in [7, 11) is 0. The molecule has 0 aliphatic carbocycles. The summed E-state index contributed by atoms with van der Waals surface area (Å²) in [5.74, 6) is 0. The van der Waals surface area contributed by atoms with Crippen molar-refractivity contribution >= 4 is 6.08 Å². The number of nitrogens with zero attached hydrogens (tertiary/aromatic N) is 1. The van der Waals surface area contributed by atoms with E-state index in [0.717, 1.165) is 17.5 Å². The van der Waals surface area contributed by atoms with E-state index in [4.69, 9.17) is 5.26 Å². The highest BCUT2D eigenvalue weighted by Crippen LogP contribution is 2.11. The van der Waals surface area contributed by atoms with Crippen LogP contribution in [-0.2, 0) is 0 Å². The Kier molecular flexibility index (Phi) is 6.03. The monoisotopic (exact) mass is 213 g/mol. The zero-order valence-corrected chi connectivity index (χ0v) is 9.95. The molecule has 0 heterocycles. The smallest absolute Gasteiger partial charge is 0.0997 e. The van der Waals surface area contributed by atoms with Crippen molar-refractivity contribution in [3.05, 3.63) is 41.5 Å². The minimum absolute atomic E-state index is 0.757. The summed E-state index contributed by atoms with van der Waals surface area (Å²) < 4.78 is 0. The van der Waals surface area contributed by atoms with Gasteiger partial charge in [-0.25, -0.2) is 0 Å². The maximum absolute atomic E-state index is 8.91. The average molecular weight is 213 g/mol. The molecular weight excluding hydrogens is 194 g/mol. The number of allylic oxidation sites excluding steroid dienone is 1. The second kappa shape index (κ2) is 7.70. The van der Waals surface area contributed by atoms with Gasteiger partial charge in [-0.2, -0.15) is 5.26 Å². The lowest BCUT2D eigenvalue weighted by Gasteiger charge is -1.97. The quantitative estimate of drug-likeness (QED) is 0.636. The van der Waals surface area contributed by atoms with Gasteiger partial charge in [-0.15, -0.1) is 0 Å². The fourth-order valence-corrected chi connectivity index (χ4v) is 1.64. The van der Waals surface area contributed by atoms with E-state index in [0.29, 0.717) is 0 Å². The van der Waals surface area contributed by atoms with Crippen molar-refractivity contribution in [1.82, 2.24) is 0 Å². The van der Waals surface area contributed by atoms with E-state index < -0.39 is 0 Å². The van der Waals surface area contributed by atoms with Crippen LogP contribution in [0, 0.1) is 11.3 Å². The van der Waals surface area contributed by atoms with Crippen LogP contribution in [0.25, 0.3) is 6.08 Å². The van der Waals surface area contributed by atoms with Gasteiger partial charge < -0.3 is 0 Å². The van der Waals surface area contributed by atoms with E-state index in [-0.39, 0.29) is 0 Å². The number of hydrogen-bond acceptors (Lipinski definition) is 1. The van der Waals surface area contributed by atoms with E-state index >= 15 is 0 Å². The van der Waals surface area contributed by atoms with E-state index in [1.165, 1.54) is 25.7 Å². The summed E-state index contributed by atoms with van der Waals surface area (Å²) in [6.07, 6.45) is 10.5. The molecule has 1 aromatic carbocycles. The molecule has 1 heteroatoms. The van der Waals surface area contributed by atoms with Crippen LogP contribution in [0.15, 0.2) is 30.3 Å². The predicted octanol–water partition coefficient (Wildman–Crippen LogP) is 4.54. The minimum atomic E-state index is 0.757. The third-order valence-electron chi connectivity index (χ3n) is 2.60. The van der Waals surface area contributed by atoms with Crippen molar-refractivity contribution in [2.45, 2.75) is 39.0 Å². The first kappa shape index (κ1) is 12.5. The predicted molar refractivity (Wildman–Crippen MR) is 69.0 cm³/mol. The largest absolute Gasteiger partial charge is 0.192 e. The van der Waals surface area contributed by atoms with Crippen LogP contribution in [0.1, 0.15) is 50.2 Å². The minimum Gasteiger partial charge on any atom is -0.192 e. The molecule has 0 bridgehead atoms. The van der Waals surface area contributed by atoms with Gasteiger partial charge in [0.25, 0.3) is 0 Å². The lowest BCUT2D eigenvalue weighted by Crippen LogP contribution is -1.80. The van der Waals surface area contributed by atoms with Crippen molar-refractivity contribution in [3.8, 4) is 6.07 Å². The number of benzene rings is 1. The Morgan fingerprint density at radius 1 is 1.19 bits per heavy atom. The van der Waals surface area contributed by atoms with Gasteiger partial charge in [0.15, 0.2) is 0 Å². The molecule has 0 aromatic heterocycles. The molecule has 0 radical (unpaired) electrons. The van der Waals surface area contributed by atoms with Crippen molar-refractivity contribution in [1.29, 1.82) is 5.26 Å². The maximum Gasteiger partial charge on any atom is 0.0997 e. The van der Waals surface area contributed by atoms with Crippen molar-refractivity contribution in [3.63, 3.8) is 0 Å². The molecule has 0 N–H and O–H groups in total. The number of nitriles is 1. The SMILES string of the molecule is CCCCCCC=Cc1ccccc1C#N. The lowest BCUT2D eigenvalue weighted by molar-refractivity contribution is 0.675. The second-order valence-corrected chi connectivity index (χ2v) is 3.95. The number of unbranched alkanes of at least 4 members (excludes halogenated alkanes) is 4. The number of hydrogen-bond donors (Lipinski definition) is 0. The van der Waals surface area contributed by atoms with Gasteiger partial charge in [0.05, 0.1) is 11.6 Å². The van der Waals surface area contributed by atoms with Crippen LogP contribution >= 0.6 is 0 Å². The molecule has 0 spiro atoms. The molecular formula is C15H19N. The molecule has 0 aliphatic heterocycles. The highest BCUT2D eigenvalue weighted by atomic mass is 14.2. The zero-order chi connectivity index (χ0) is 11.6. The van der Waals surface area contributed by atoms with Gasteiger partial charge in [0.1, 0.15) is 0 Å². The molecule has 0 amide bonds. The van der Waals surface area contributed by atoms with Crippen molar-refractivity contribution in [2.75, 3.05) is 0 Å². The van der Waals surface area contributed by atoms with Gasteiger partial charge >= 0.3 is 0 Å². The van der Waals surface area contributed by atoms with Crippen LogP contribution in [0.5, 0.6) is 0 Å². The van der Waals surface area contributed by atoms with Crippen LogP contribution in [0.4, 0.5) is 0 Å². The molecule has 1 rings (SSSR count). The first-order valence-corrected chi connectivity index (χ1v) is 6.04. The summed E-state index contributed by atoms with van der Waals surface area (Å²) in [6, 6.07) is 9.92. The zero-order valence-electron chi connectivity index (χ0n) is 9.95. The van der Waals surface area contributed by atoms with Crippen molar-refractivity contribution < 1.29 is 0 Å².